The molecule has 0 aliphatic carbocycles. The van der Waals surface area contributed by atoms with Crippen molar-refractivity contribution in [3.8, 4) is 11.3 Å². The second-order valence-electron chi connectivity index (χ2n) is 5.33. The quantitative estimate of drug-likeness (QED) is 0.567. The Morgan fingerprint density at radius 3 is 2.72 bits per heavy atom. The first-order chi connectivity index (χ1) is 12.2. The van der Waals surface area contributed by atoms with Crippen LogP contribution in [0.4, 0.5) is 10.2 Å². The van der Waals surface area contributed by atoms with Crippen LogP contribution < -0.4 is 5.32 Å². The van der Waals surface area contributed by atoms with Crippen LogP contribution in [0.1, 0.15) is 5.56 Å². The summed E-state index contributed by atoms with van der Waals surface area (Å²) in [5, 5.41) is 7.59. The van der Waals surface area contributed by atoms with E-state index in [1.807, 2.05) is 0 Å². The first-order valence-corrected chi connectivity index (χ1v) is 8.28. The number of fused-ring (bicyclic) bond motifs is 1. The summed E-state index contributed by atoms with van der Waals surface area (Å²) in [6, 6.07) is 8.33. The predicted molar refractivity (Wildman–Crippen MR) is 95.4 cm³/mol. The molecule has 1 N–H and O–H groups in total. The van der Waals surface area contributed by atoms with Gasteiger partial charge in [0.2, 0.25) is 0 Å². The van der Waals surface area contributed by atoms with E-state index in [-0.39, 0.29) is 5.82 Å². The van der Waals surface area contributed by atoms with E-state index in [2.05, 4.69) is 41.3 Å². The number of hydrogen-bond donors (Lipinski definition) is 1. The van der Waals surface area contributed by atoms with E-state index in [4.69, 9.17) is 0 Å². The van der Waals surface area contributed by atoms with Crippen LogP contribution in [0.2, 0.25) is 0 Å². The molecular weight excluding hydrogens is 387 g/mol. The molecule has 8 heteroatoms. The second-order valence-corrected chi connectivity index (χ2v) is 6.19. The van der Waals surface area contributed by atoms with Crippen molar-refractivity contribution in [2.75, 3.05) is 5.32 Å². The molecule has 0 spiro atoms. The van der Waals surface area contributed by atoms with Gasteiger partial charge in [0, 0.05) is 36.1 Å². The van der Waals surface area contributed by atoms with Crippen LogP contribution >= 0.6 is 15.9 Å². The molecule has 0 fully saturated rings. The van der Waals surface area contributed by atoms with Gasteiger partial charge < -0.3 is 5.32 Å². The lowest BCUT2D eigenvalue weighted by Crippen LogP contribution is -2.07. The second kappa shape index (κ2) is 6.56. The van der Waals surface area contributed by atoms with E-state index in [0.717, 1.165) is 10.0 Å². The average molecular weight is 399 g/mol. The minimum absolute atomic E-state index is 0.322. The Labute approximate surface area is 150 Å². The summed E-state index contributed by atoms with van der Waals surface area (Å²) < 4.78 is 16.6. The van der Waals surface area contributed by atoms with Gasteiger partial charge in [0.15, 0.2) is 5.65 Å². The number of benzene rings is 1. The summed E-state index contributed by atoms with van der Waals surface area (Å²) in [7, 11) is 0. The molecule has 3 aromatic heterocycles. The molecule has 3 heterocycles. The Bertz CT molecular complexity index is 1030. The molecule has 0 aliphatic heterocycles. The van der Waals surface area contributed by atoms with Crippen LogP contribution in [0.25, 0.3) is 16.9 Å². The van der Waals surface area contributed by atoms with E-state index in [9.17, 15) is 4.39 Å². The standard InChI is InChI=1S/C17H12BrFN6/c18-13-9-23-25-16(22-8-11-6-20-10-21-7-11)5-15(24-17(13)25)12-3-1-2-4-14(12)19/h1-7,9-10,22H,8H2. The van der Waals surface area contributed by atoms with Gasteiger partial charge in [-0.2, -0.15) is 9.61 Å². The molecule has 6 nitrogen and oxygen atoms in total. The number of aromatic nitrogens is 5. The largest absolute Gasteiger partial charge is 0.366 e. The third kappa shape index (κ3) is 3.08. The summed E-state index contributed by atoms with van der Waals surface area (Å²) in [4.78, 5) is 12.5. The minimum atomic E-state index is -0.322. The normalized spacial score (nSPS) is 11.0. The van der Waals surface area contributed by atoms with Crippen LogP contribution in [0.3, 0.4) is 0 Å². The van der Waals surface area contributed by atoms with Crippen LogP contribution in [0.5, 0.6) is 0 Å². The number of halogens is 2. The maximum absolute atomic E-state index is 14.2. The van der Waals surface area contributed by atoms with Crippen molar-refractivity contribution in [3.63, 3.8) is 0 Å². The Balaban J connectivity index is 1.78. The van der Waals surface area contributed by atoms with Crippen LogP contribution in [0.15, 0.2) is 59.7 Å². The van der Waals surface area contributed by atoms with E-state index < -0.39 is 0 Å². The maximum Gasteiger partial charge on any atom is 0.172 e. The summed E-state index contributed by atoms with van der Waals surface area (Å²) in [5.74, 6) is 0.371. The molecule has 1 aromatic carbocycles. The van der Waals surface area contributed by atoms with Gasteiger partial charge in [-0.1, -0.05) is 12.1 Å². The number of nitrogens with zero attached hydrogens (tertiary/aromatic N) is 5. The topological polar surface area (TPSA) is 68.0 Å². The van der Waals surface area contributed by atoms with E-state index in [1.54, 1.807) is 47.4 Å². The molecule has 0 unspecified atom stereocenters. The molecule has 0 bridgehead atoms. The molecule has 0 amide bonds. The lowest BCUT2D eigenvalue weighted by molar-refractivity contribution is 0.630. The fraction of sp³-hybridized carbons (Fsp3) is 0.0588. The first kappa shape index (κ1) is 15.6. The van der Waals surface area contributed by atoms with Gasteiger partial charge in [-0.3, -0.25) is 0 Å². The van der Waals surface area contributed by atoms with Gasteiger partial charge in [0.25, 0.3) is 0 Å². The monoisotopic (exact) mass is 398 g/mol. The van der Waals surface area contributed by atoms with Crippen molar-refractivity contribution in [3.05, 3.63) is 71.1 Å². The molecule has 124 valence electrons. The Morgan fingerprint density at radius 1 is 1.12 bits per heavy atom. The lowest BCUT2D eigenvalue weighted by Gasteiger charge is -2.11. The van der Waals surface area contributed by atoms with E-state index >= 15 is 0 Å². The smallest absolute Gasteiger partial charge is 0.172 e. The molecule has 4 aromatic rings. The van der Waals surface area contributed by atoms with Gasteiger partial charge in [-0.15, -0.1) is 0 Å². The SMILES string of the molecule is Fc1ccccc1-c1cc(NCc2cncnc2)n2ncc(Br)c2n1. The zero-order chi connectivity index (χ0) is 17.2. The molecule has 4 rings (SSSR count). The summed E-state index contributed by atoms with van der Waals surface area (Å²) in [6.45, 7) is 0.508. The van der Waals surface area contributed by atoms with Crippen molar-refractivity contribution >= 4 is 27.4 Å². The number of rotatable bonds is 4. The third-order valence-corrected chi connectivity index (χ3v) is 4.23. The van der Waals surface area contributed by atoms with Crippen molar-refractivity contribution < 1.29 is 4.39 Å². The number of hydrogen-bond acceptors (Lipinski definition) is 5. The Hall–Kier alpha value is -2.87. The van der Waals surface area contributed by atoms with Crippen molar-refractivity contribution in [1.29, 1.82) is 0 Å². The third-order valence-electron chi connectivity index (χ3n) is 3.67. The predicted octanol–water partition coefficient (Wildman–Crippen LogP) is 3.70. The molecule has 0 atom stereocenters. The van der Waals surface area contributed by atoms with E-state index in [0.29, 0.717) is 29.3 Å². The lowest BCUT2D eigenvalue weighted by atomic mass is 10.1. The fourth-order valence-electron chi connectivity index (χ4n) is 2.48. The fourth-order valence-corrected chi connectivity index (χ4v) is 2.83. The highest BCUT2D eigenvalue weighted by Gasteiger charge is 2.13. The molecular formula is C17H12BrFN6. The van der Waals surface area contributed by atoms with Crippen LogP contribution in [-0.2, 0) is 6.54 Å². The highest BCUT2D eigenvalue weighted by atomic mass is 79.9. The molecule has 0 aliphatic rings. The minimum Gasteiger partial charge on any atom is -0.366 e. The first-order valence-electron chi connectivity index (χ1n) is 7.49. The summed E-state index contributed by atoms with van der Waals surface area (Å²) in [6.07, 6.45) is 6.60. The van der Waals surface area contributed by atoms with Crippen LogP contribution in [-0.4, -0.2) is 24.6 Å². The maximum atomic E-state index is 14.2. The zero-order valence-corrected chi connectivity index (χ0v) is 14.5. The number of nitrogens with one attached hydrogen (secondary N) is 1. The summed E-state index contributed by atoms with van der Waals surface area (Å²) in [5.41, 5.74) is 2.49. The van der Waals surface area contributed by atoms with Crippen molar-refractivity contribution in [2.45, 2.75) is 6.54 Å². The number of anilines is 1. The van der Waals surface area contributed by atoms with Gasteiger partial charge in [0.05, 0.1) is 16.4 Å². The summed E-state index contributed by atoms with van der Waals surface area (Å²) >= 11 is 3.43. The Morgan fingerprint density at radius 2 is 1.92 bits per heavy atom. The van der Waals surface area contributed by atoms with Crippen LogP contribution in [0, 0.1) is 5.82 Å². The van der Waals surface area contributed by atoms with Gasteiger partial charge in [0.1, 0.15) is 18.0 Å². The molecule has 0 radical (unpaired) electrons. The van der Waals surface area contributed by atoms with Gasteiger partial charge >= 0.3 is 0 Å². The molecule has 0 saturated carbocycles. The van der Waals surface area contributed by atoms with Crippen molar-refractivity contribution in [1.82, 2.24) is 24.6 Å². The van der Waals surface area contributed by atoms with Gasteiger partial charge in [-0.05, 0) is 28.1 Å². The van der Waals surface area contributed by atoms with Crippen molar-refractivity contribution in [2.24, 2.45) is 0 Å². The van der Waals surface area contributed by atoms with E-state index in [1.165, 1.54) is 12.4 Å². The van der Waals surface area contributed by atoms with Gasteiger partial charge in [-0.25, -0.2) is 19.3 Å². The highest BCUT2D eigenvalue weighted by Crippen LogP contribution is 2.27. The molecule has 25 heavy (non-hydrogen) atoms. The average Bonchev–Trinajstić information content (AvgIpc) is 3.02. The zero-order valence-electron chi connectivity index (χ0n) is 12.9. The Kier molecular flexibility index (Phi) is 4.10. The molecule has 0 saturated heterocycles. The highest BCUT2D eigenvalue weighted by molar-refractivity contribution is 9.10.